The number of Topliss-reactive ketones (excluding diaryl/α,β-unsaturated/α-hetero) is 1. The van der Waals surface area contributed by atoms with E-state index in [1.807, 2.05) is 30.3 Å². The van der Waals surface area contributed by atoms with Crippen LogP contribution in [-0.4, -0.2) is 57.3 Å². The molecule has 5 atom stereocenters. The highest BCUT2D eigenvalue weighted by molar-refractivity contribution is 5.90. The van der Waals surface area contributed by atoms with Gasteiger partial charge in [0, 0.05) is 16.3 Å². The van der Waals surface area contributed by atoms with Crippen molar-refractivity contribution < 1.29 is 19.4 Å². The number of piperidine rings is 1. The van der Waals surface area contributed by atoms with Crippen molar-refractivity contribution in [3.63, 3.8) is 0 Å². The molecule has 4 bridgehead atoms. The highest BCUT2D eigenvalue weighted by Crippen LogP contribution is 2.55. The summed E-state index contributed by atoms with van der Waals surface area (Å²) in [5.41, 5.74) is -2.77. The number of hydrogen-bond donors (Lipinski definition) is 0. The van der Waals surface area contributed by atoms with Crippen molar-refractivity contribution >= 4 is 5.78 Å². The van der Waals surface area contributed by atoms with Crippen molar-refractivity contribution in [1.29, 1.82) is 0 Å². The molecule has 2 saturated heterocycles. The number of carbonyl (C=O) groups excluding carboxylic acids is 1. The third-order valence-corrected chi connectivity index (χ3v) is 6.60. The number of nitrogens with zero attached hydrogens (tertiary/aromatic N) is 3. The molecule has 4 rings (SSSR count). The summed E-state index contributed by atoms with van der Waals surface area (Å²) >= 11 is 0. The molecule has 1 saturated carbocycles. The van der Waals surface area contributed by atoms with Gasteiger partial charge >= 0.3 is 5.54 Å². The fourth-order valence-electron chi connectivity index (χ4n) is 5.25. The third-order valence-electron chi connectivity index (χ3n) is 6.60. The number of hydrogen-bond acceptors (Lipinski definition) is 7. The largest absolute Gasteiger partial charge is 0.362 e. The Morgan fingerprint density at radius 3 is 2.48 bits per heavy atom. The molecule has 0 spiro atoms. The highest BCUT2D eigenvalue weighted by atomic mass is 16.6. The van der Waals surface area contributed by atoms with E-state index < -0.39 is 44.8 Å². The summed E-state index contributed by atoms with van der Waals surface area (Å²) in [4.78, 5) is 37.9. The van der Waals surface area contributed by atoms with E-state index in [-0.39, 0.29) is 25.9 Å². The lowest BCUT2D eigenvalue weighted by Crippen LogP contribution is -2.82. The van der Waals surface area contributed by atoms with Crippen LogP contribution in [0.1, 0.15) is 31.4 Å². The molecule has 0 aromatic heterocycles. The Hall–Kier alpha value is -2.39. The first kappa shape index (κ1) is 18.0. The van der Waals surface area contributed by atoms with Crippen LogP contribution in [0.25, 0.3) is 0 Å². The first-order valence-electron chi connectivity index (χ1n) is 9.11. The van der Waals surface area contributed by atoms with Crippen LogP contribution in [0.5, 0.6) is 0 Å². The molecule has 3 aliphatic rings. The zero-order chi connectivity index (χ0) is 19.4. The summed E-state index contributed by atoms with van der Waals surface area (Å²) in [5.74, 6) is -1.55. The van der Waals surface area contributed by atoms with Gasteiger partial charge in [0.25, 0.3) is 5.54 Å². The fourth-order valence-corrected chi connectivity index (χ4v) is 5.25. The minimum Gasteiger partial charge on any atom is -0.362 e. The van der Waals surface area contributed by atoms with E-state index in [1.54, 1.807) is 11.8 Å². The lowest BCUT2D eigenvalue weighted by atomic mass is 9.55. The smallest absolute Gasteiger partial charge is 0.301 e. The molecule has 1 aromatic rings. The molecule has 27 heavy (non-hydrogen) atoms. The summed E-state index contributed by atoms with van der Waals surface area (Å²) in [6.45, 7) is 2.18. The number of ether oxygens (including phenoxy) is 1. The van der Waals surface area contributed by atoms with Gasteiger partial charge in [0.05, 0.1) is 19.2 Å². The standard InChI is InChI=1S/C18H21N3O6/c1-2-19-10-17(20(23)24)14-8-13(12-6-4-3-5-7-12)27-16(9-15(17)22)18(14,11-19)21(25)26/h3-7,13-14,16H,2,8-11H2,1H3/t13-,14+,16+,17-,18-/m0/s1. The van der Waals surface area contributed by atoms with E-state index >= 15 is 0 Å². The van der Waals surface area contributed by atoms with Crippen LogP contribution < -0.4 is 0 Å². The molecule has 0 N–H and O–H groups in total. The van der Waals surface area contributed by atoms with Gasteiger partial charge in [0.15, 0.2) is 0 Å². The van der Waals surface area contributed by atoms with Crippen LogP contribution in [0.15, 0.2) is 30.3 Å². The molecule has 9 nitrogen and oxygen atoms in total. The average Bonchev–Trinajstić information content (AvgIpc) is 2.65. The number of nitro groups is 2. The monoisotopic (exact) mass is 375 g/mol. The second-order valence-corrected chi connectivity index (χ2v) is 7.67. The SMILES string of the molecule is CCN1C[C@@]2([N+](=O)[O-])[C@H]3CC(=O)[C@]([N+](=O)[O-])(C1)[C@H]2C[C@@H](c1ccccc1)O3. The maximum absolute atomic E-state index is 12.9. The molecule has 2 aliphatic heterocycles. The van der Waals surface area contributed by atoms with Gasteiger partial charge in [0.2, 0.25) is 5.78 Å². The summed E-state index contributed by atoms with van der Waals surface area (Å²) in [7, 11) is 0. The molecular formula is C18H21N3O6. The van der Waals surface area contributed by atoms with Crippen molar-refractivity contribution in [2.75, 3.05) is 19.6 Å². The van der Waals surface area contributed by atoms with E-state index in [1.165, 1.54) is 0 Å². The van der Waals surface area contributed by atoms with E-state index in [4.69, 9.17) is 4.74 Å². The number of carbonyl (C=O) groups is 1. The molecule has 0 unspecified atom stereocenters. The predicted molar refractivity (Wildman–Crippen MR) is 93.4 cm³/mol. The van der Waals surface area contributed by atoms with E-state index in [0.717, 1.165) is 5.56 Å². The van der Waals surface area contributed by atoms with Gasteiger partial charge in [-0.15, -0.1) is 0 Å². The normalized spacial score (nSPS) is 38.4. The van der Waals surface area contributed by atoms with Crippen molar-refractivity contribution in [3.05, 3.63) is 56.1 Å². The molecule has 0 radical (unpaired) electrons. The zero-order valence-corrected chi connectivity index (χ0v) is 14.9. The van der Waals surface area contributed by atoms with Gasteiger partial charge < -0.3 is 4.74 Å². The molecule has 1 aliphatic carbocycles. The Labute approximate surface area is 155 Å². The average molecular weight is 375 g/mol. The third kappa shape index (κ3) is 2.28. The van der Waals surface area contributed by atoms with Crippen LogP contribution in [0.4, 0.5) is 0 Å². The second kappa shape index (κ2) is 6.07. The van der Waals surface area contributed by atoms with Gasteiger partial charge in [-0.1, -0.05) is 37.3 Å². The van der Waals surface area contributed by atoms with Crippen molar-refractivity contribution in [2.24, 2.45) is 5.92 Å². The van der Waals surface area contributed by atoms with Crippen LogP contribution in [-0.2, 0) is 9.53 Å². The Morgan fingerprint density at radius 1 is 1.19 bits per heavy atom. The lowest BCUT2D eigenvalue weighted by Gasteiger charge is -2.56. The summed E-state index contributed by atoms with van der Waals surface area (Å²) in [5, 5.41) is 24.4. The van der Waals surface area contributed by atoms with Gasteiger partial charge in [-0.05, 0) is 18.5 Å². The summed E-state index contributed by atoms with van der Waals surface area (Å²) < 4.78 is 6.07. The lowest BCUT2D eigenvalue weighted by molar-refractivity contribution is -0.653. The molecule has 0 amide bonds. The molecule has 3 fully saturated rings. The number of benzene rings is 1. The van der Waals surface area contributed by atoms with Crippen LogP contribution in [0.3, 0.4) is 0 Å². The summed E-state index contributed by atoms with van der Waals surface area (Å²) in [6, 6.07) is 9.21. The van der Waals surface area contributed by atoms with E-state index in [9.17, 15) is 25.0 Å². The van der Waals surface area contributed by atoms with Gasteiger partial charge in [0.1, 0.15) is 12.0 Å². The maximum Gasteiger partial charge on any atom is 0.301 e. The number of likely N-dealkylation sites (tertiary alicyclic amines) is 1. The van der Waals surface area contributed by atoms with Crippen LogP contribution in [0, 0.1) is 26.1 Å². The minimum absolute atomic E-state index is 0.0657. The Morgan fingerprint density at radius 2 is 1.89 bits per heavy atom. The predicted octanol–water partition coefficient (Wildman–Crippen LogP) is 1.47. The minimum atomic E-state index is -1.95. The van der Waals surface area contributed by atoms with Crippen LogP contribution >= 0.6 is 0 Å². The zero-order valence-electron chi connectivity index (χ0n) is 14.9. The molecule has 1 aromatic carbocycles. The molecule has 2 heterocycles. The molecule has 144 valence electrons. The van der Waals surface area contributed by atoms with Crippen molar-refractivity contribution in [2.45, 2.75) is 43.1 Å². The number of likely N-dealkylation sites (N-methyl/N-ethyl adjacent to an activating group) is 1. The number of ketones is 1. The first-order chi connectivity index (χ1) is 12.9. The molecular weight excluding hydrogens is 354 g/mol. The Kier molecular flexibility index (Phi) is 4.04. The van der Waals surface area contributed by atoms with Crippen molar-refractivity contribution in [1.82, 2.24) is 4.90 Å². The number of rotatable bonds is 4. The van der Waals surface area contributed by atoms with Crippen molar-refractivity contribution in [3.8, 4) is 0 Å². The van der Waals surface area contributed by atoms with Gasteiger partial charge in [-0.3, -0.25) is 29.9 Å². The highest BCUT2D eigenvalue weighted by Gasteiger charge is 2.80. The Bertz CT molecular complexity index is 802. The first-order valence-corrected chi connectivity index (χ1v) is 9.11. The van der Waals surface area contributed by atoms with Gasteiger partial charge in [-0.25, -0.2) is 0 Å². The molecule has 9 heteroatoms. The van der Waals surface area contributed by atoms with E-state index in [0.29, 0.717) is 6.54 Å². The fraction of sp³-hybridized carbons (Fsp3) is 0.611. The second-order valence-electron chi connectivity index (χ2n) is 7.67. The Balaban J connectivity index is 1.86. The van der Waals surface area contributed by atoms with Crippen LogP contribution in [0.2, 0.25) is 0 Å². The van der Waals surface area contributed by atoms with Gasteiger partial charge in [-0.2, -0.15) is 0 Å². The van der Waals surface area contributed by atoms with E-state index in [2.05, 4.69) is 0 Å². The maximum atomic E-state index is 12.9. The topological polar surface area (TPSA) is 116 Å². The summed E-state index contributed by atoms with van der Waals surface area (Å²) in [6.07, 6.45) is -1.66. The quantitative estimate of drug-likeness (QED) is 0.578.